The number of anilines is 1. The van der Waals surface area contributed by atoms with Crippen LogP contribution < -0.4 is 5.32 Å². The van der Waals surface area contributed by atoms with Crippen molar-refractivity contribution in [3.05, 3.63) is 51.3 Å². The van der Waals surface area contributed by atoms with Gasteiger partial charge in [0.05, 0.1) is 15.6 Å². The highest BCUT2D eigenvalue weighted by Gasteiger charge is 2.13. The largest absolute Gasteiger partial charge is 0.476 e. The first kappa shape index (κ1) is 15.4. The number of nitrogens with zero attached hydrogens (tertiary/aromatic N) is 3. The zero-order valence-electron chi connectivity index (χ0n) is 10.9. The van der Waals surface area contributed by atoms with Crippen LogP contribution in [0.25, 0.3) is 0 Å². The quantitative estimate of drug-likeness (QED) is 0.637. The Morgan fingerprint density at radius 1 is 1.41 bits per heavy atom. The van der Waals surface area contributed by atoms with Gasteiger partial charge in [-0.3, -0.25) is 19.6 Å². The normalized spacial score (nSPS) is 10.2. The first-order chi connectivity index (χ1) is 10.4. The van der Waals surface area contributed by atoms with Crippen molar-refractivity contribution in [1.29, 1.82) is 0 Å². The van der Waals surface area contributed by atoms with E-state index in [0.29, 0.717) is 0 Å². The monoisotopic (exact) mass is 324 g/mol. The van der Waals surface area contributed by atoms with Crippen molar-refractivity contribution in [3.8, 4) is 0 Å². The predicted molar refractivity (Wildman–Crippen MR) is 75.9 cm³/mol. The number of carbonyl (C=O) groups excluding carboxylic acids is 1. The Bertz CT molecular complexity index is 758. The summed E-state index contributed by atoms with van der Waals surface area (Å²) in [6.45, 7) is -0.222. The minimum atomic E-state index is -1.20. The molecule has 0 aliphatic heterocycles. The molecular weight excluding hydrogens is 316 g/mol. The summed E-state index contributed by atoms with van der Waals surface area (Å²) in [6, 6.07) is 4.89. The van der Waals surface area contributed by atoms with E-state index >= 15 is 0 Å². The number of hydrogen-bond donors (Lipinski definition) is 2. The van der Waals surface area contributed by atoms with Crippen molar-refractivity contribution >= 4 is 34.9 Å². The molecule has 2 rings (SSSR count). The predicted octanol–water partition coefficient (Wildman–Crippen LogP) is 1.78. The molecule has 9 nitrogen and oxygen atoms in total. The lowest BCUT2D eigenvalue weighted by molar-refractivity contribution is -0.384. The van der Waals surface area contributed by atoms with E-state index in [1.807, 2.05) is 0 Å². The lowest BCUT2D eigenvalue weighted by Crippen LogP contribution is -2.19. The number of rotatable bonds is 5. The van der Waals surface area contributed by atoms with Gasteiger partial charge in [0.2, 0.25) is 5.91 Å². The molecule has 0 bridgehead atoms. The number of nitro groups is 1. The molecular formula is C12H9ClN4O5. The van der Waals surface area contributed by atoms with E-state index in [1.54, 1.807) is 0 Å². The van der Waals surface area contributed by atoms with E-state index < -0.39 is 16.8 Å². The fourth-order valence-electron chi connectivity index (χ4n) is 1.62. The van der Waals surface area contributed by atoms with Crippen molar-refractivity contribution < 1.29 is 19.6 Å². The number of nitro benzene ring substituents is 1. The molecule has 0 unspecified atom stereocenters. The molecule has 0 saturated heterocycles. The molecule has 2 N–H and O–H groups in total. The number of carboxylic acids is 1. The molecule has 22 heavy (non-hydrogen) atoms. The molecule has 0 spiro atoms. The summed E-state index contributed by atoms with van der Waals surface area (Å²) in [7, 11) is 0. The van der Waals surface area contributed by atoms with E-state index in [0.717, 1.165) is 10.7 Å². The van der Waals surface area contributed by atoms with E-state index in [9.17, 15) is 19.7 Å². The first-order valence-electron chi connectivity index (χ1n) is 5.87. The molecule has 0 aliphatic rings. The highest BCUT2D eigenvalue weighted by Crippen LogP contribution is 2.26. The van der Waals surface area contributed by atoms with Crippen molar-refractivity contribution in [2.24, 2.45) is 0 Å². The van der Waals surface area contributed by atoms with Gasteiger partial charge in [0.1, 0.15) is 6.54 Å². The zero-order valence-corrected chi connectivity index (χ0v) is 11.6. The van der Waals surface area contributed by atoms with E-state index in [1.165, 1.54) is 24.4 Å². The number of amides is 1. The van der Waals surface area contributed by atoms with Gasteiger partial charge in [-0.1, -0.05) is 11.6 Å². The molecule has 10 heteroatoms. The number of benzene rings is 1. The second-order valence-corrected chi connectivity index (χ2v) is 4.58. The summed E-state index contributed by atoms with van der Waals surface area (Å²) in [5.74, 6) is -1.70. The molecule has 0 fully saturated rings. The average Bonchev–Trinajstić information content (AvgIpc) is 2.89. The van der Waals surface area contributed by atoms with Gasteiger partial charge in [0.25, 0.3) is 5.69 Å². The van der Waals surface area contributed by atoms with E-state index in [4.69, 9.17) is 16.7 Å². The average molecular weight is 325 g/mol. The van der Waals surface area contributed by atoms with Gasteiger partial charge in [-0.2, -0.15) is 5.10 Å². The van der Waals surface area contributed by atoms with Crippen LogP contribution >= 0.6 is 11.6 Å². The number of carbonyl (C=O) groups is 2. The number of carboxylic acid groups (broad SMARTS) is 1. The maximum absolute atomic E-state index is 11.8. The molecule has 1 amide bonds. The summed E-state index contributed by atoms with van der Waals surface area (Å²) >= 11 is 5.85. The summed E-state index contributed by atoms with van der Waals surface area (Å²) in [5, 5.41) is 25.5. The molecule has 114 valence electrons. The standard InChI is InChI=1S/C12H9ClN4O5/c13-8-5-7(17(21)22)1-2-9(8)14-11(18)6-16-4-3-10(15-16)12(19)20/h1-5H,6H2,(H,14,18)(H,19,20). The fourth-order valence-corrected chi connectivity index (χ4v) is 1.84. The Morgan fingerprint density at radius 2 is 2.14 bits per heavy atom. The Balaban J connectivity index is 2.05. The van der Waals surface area contributed by atoms with E-state index in [2.05, 4.69) is 10.4 Å². The Kier molecular flexibility index (Phi) is 4.37. The maximum Gasteiger partial charge on any atom is 0.356 e. The Hall–Kier alpha value is -2.94. The Labute approximate surface area is 128 Å². The third kappa shape index (κ3) is 3.58. The molecule has 1 aromatic carbocycles. The number of hydrogen-bond acceptors (Lipinski definition) is 5. The third-order valence-electron chi connectivity index (χ3n) is 2.60. The maximum atomic E-state index is 11.8. The molecule has 0 aliphatic carbocycles. The molecule has 1 heterocycles. The zero-order chi connectivity index (χ0) is 16.3. The summed E-state index contributed by atoms with van der Waals surface area (Å²) in [4.78, 5) is 32.5. The lowest BCUT2D eigenvalue weighted by atomic mass is 10.3. The highest BCUT2D eigenvalue weighted by molar-refractivity contribution is 6.33. The number of aromatic nitrogens is 2. The molecule has 1 aromatic heterocycles. The third-order valence-corrected chi connectivity index (χ3v) is 2.92. The van der Waals surface area contributed by atoms with Crippen LogP contribution in [0.4, 0.5) is 11.4 Å². The first-order valence-corrected chi connectivity index (χ1v) is 6.25. The van der Waals surface area contributed by atoms with Crippen LogP contribution in [0.2, 0.25) is 5.02 Å². The second kappa shape index (κ2) is 6.22. The van der Waals surface area contributed by atoms with Crippen LogP contribution in [0, 0.1) is 10.1 Å². The lowest BCUT2D eigenvalue weighted by Gasteiger charge is -2.07. The fraction of sp³-hybridized carbons (Fsp3) is 0.0833. The highest BCUT2D eigenvalue weighted by atomic mass is 35.5. The summed E-state index contributed by atoms with van der Waals surface area (Å²) in [6.07, 6.45) is 1.35. The Morgan fingerprint density at radius 3 is 2.68 bits per heavy atom. The molecule has 0 saturated carbocycles. The van der Waals surface area contributed by atoms with Gasteiger partial charge >= 0.3 is 5.97 Å². The van der Waals surface area contributed by atoms with Gasteiger partial charge < -0.3 is 10.4 Å². The topological polar surface area (TPSA) is 127 Å². The summed E-state index contributed by atoms with van der Waals surface area (Å²) < 4.78 is 1.15. The van der Waals surface area contributed by atoms with Gasteiger partial charge in [-0.05, 0) is 12.1 Å². The van der Waals surface area contributed by atoms with Gasteiger partial charge in [-0.15, -0.1) is 0 Å². The van der Waals surface area contributed by atoms with Gasteiger partial charge in [0, 0.05) is 18.3 Å². The second-order valence-electron chi connectivity index (χ2n) is 4.17. The number of nitrogens with one attached hydrogen (secondary N) is 1. The van der Waals surface area contributed by atoms with Gasteiger partial charge in [0.15, 0.2) is 5.69 Å². The van der Waals surface area contributed by atoms with Crippen LogP contribution in [0.15, 0.2) is 30.5 Å². The molecule has 2 aromatic rings. The minimum absolute atomic E-state index is 0.0224. The number of halogens is 1. The van der Waals surface area contributed by atoms with Crippen molar-refractivity contribution in [1.82, 2.24) is 9.78 Å². The molecule has 0 atom stereocenters. The summed E-state index contributed by atoms with van der Waals surface area (Å²) in [5.41, 5.74) is -0.162. The van der Waals surface area contributed by atoms with Crippen LogP contribution in [0.3, 0.4) is 0 Å². The number of non-ortho nitro benzene ring substituents is 1. The van der Waals surface area contributed by atoms with Crippen molar-refractivity contribution in [2.75, 3.05) is 5.32 Å². The van der Waals surface area contributed by atoms with Crippen LogP contribution in [0.5, 0.6) is 0 Å². The SMILES string of the molecule is O=C(Cn1ccc(C(=O)O)n1)Nc1ccc([N+](=O)[O-])cc1Cl. The van der Waals surface area contributed by atoms with Crippen LogP contribution in [0.1, 0.15) is 10.5 Å². The number of aromatic carboxylic acids is 1. The minimum Gasteiger partial charge on any atom is -0.476 e. The molecule has 0 radical (unpaired) electrons. The van der Waals surface area contributed by atoms with Crippen molar-refractivity contribution in [2.45, 2.75) is 6.54 Å². The van der Waals surface area contributed by atoms with E-state index in [-0.39, 0.29) is 28.6 Å². The van der Waals surface area contributed by atoms with Crippen LogP contribution in [-0.2, 0) is 11.3 Å². The smallest absolute Gasteiger partial charge is 0.356 e. The van der Waals surface area contributed by atoms with Gasteiger partial charge in [-0.25, -0.2) is 4.79 Å². The van der Waals surface area contributed by atoms with Crippen molar-refractivity contribution in [3.63, 3.8) is 0 Å². The van der Waals surface area contributed by atoms with Crippen LogP contribution in [-0.4, -0.2) is 31.7 Å².